The molecule has 0 saturated carbocycles. The topological polar surface area (TPSA) is 78.5 Å². The minimum atomic E-state index is -3.95. The maximum Gasteiger partial charge on any atom is 0.243 e. The molecule has 3 rings (SSSR count). The van der Waals surface area contributed by atoms with Crippen LogP contribution >= 0.6 is 0 Å². The van der Waals surface area contributed by atoms with E-state index >= 15 is 0 Å². The quantitative estimate of drug-likeness (QED) is 0.799. The molecule has 0 radical (unpaired) electrons. The van der Waals surface area contributed by atoms with E-state index in [0.29, 0.717) is 12.1 Å². The van der Waals surface area contributed by atoms with Gasteiger partial charge in [0.15, 0.2) is 0 Å². The summed E-state index contributed by atoms with van der Waals surface area (Å²) in [5.74, 6) is -1.38. The summed E-state index contributed by atoms with van der Waals surface area (Å²) in [7, 11) is -3.95. The molecule has 2 aromatic rings. The Morgan fingerprint density at radius 2 is 1.67 bits per heavy atom. The van der Waals surface area contributed by atoms with E-state index in [1.165, 1.54) is 24.3 Å². The van der Waals surface area contributed by atoms with E-state index < -0.39 is 27.8 Å². The zero-order valence-corrected chi connectivity index (χ0v) is 15.2. The number of hydrogen-bond donors (Lipinski definition) is 2. The predicted octanol–water partition coefficient (Wildman–Crippen LogP) is 1.24. The van der Waals surface area contributed by atoms with Crippen LogP contribution in [0.15, 0.2) is 53.4 Å². The third-order valence-corrected chi connectivity index (χ3v) is 6.22. The lowest BCUT2D eigenvalue weighted by atomic mass is 10.2. The fraction of sp³-hybridized carbons (Fsp3) is 0.278. The summed E-state index contributed by atoms with van der Waals surface area (Å²) >= 11 is 0. The molecule has 9 heteroatoms. The van der Waals surface area contributed by atoms with E-state index in [9.17, 15) is 22.0 Å². The van der Waals surface area contributed by atoms with Crippen molar-refractivity contribution >= 4 is 15.9 Å². The van der Waals surface area contributed by atoms with Crippen molar-refractivity contribution < 1.29 is 22.0 Å². The Balaban J connectivity index is 1.75. The fourth-order valence-corrected chi connectivity index (χ4v) is 4.44. The van der Waals surface area contributed by atoms with Crippen LogP contribution < -0.4 is 10.6 Å². The van der Waals surface area contributed by atoms with Crippen molar-refractivity contribution in [2.75, 3.05) is 19.6 Å². The largest absolute Gasteiger partial charge is 0.351 e. The van der Waals surface area contributed by atoms with E-state index in [1.807, 2.05) is 0 Å². The van der Waals surface area contributed by atoms with Crippen molar-refractivity contribution in [1.29, 1.82) is 0 Å². The van der Waals surface area contributed by atoms with E-state index in [1.54, 1.807) is 12.1 Å². The average Bonchev–Trinajstić information content (AvgIpc) is 2.67. The predicted molar refractivity (Wildman–Crippen MR) is 95.2 cm³/mol. The molecule has 2 aromatic carbocycles. The Morgan fingerprint density at radius 1 is 1.07 bits per heavy atom. The van der Waals surface area contributed by atoms with Crippen molar-refractivity contribution in [3.8, 4) is 0 Å². The number of piperazine rings is 1. The van der Waals surface area contributed by atoms with Gasteiger partial charge in [-0.15, -0.1) is 0 Å². The van der Waals surface area contributed by atoms with Crippen molar-refractivity contribution in [2.24, 2.45) is 0 Å². The highest BCUT2D eigenvalue weighted by molar-refractivity contribution is 7.89. The Bertz CT molecular complexity index is 902. The van der Waals surface area contributed by atoms with Gasteiger partial charge in [0.2, 0.25) is 15.9 Å². The van der Waals surface area contributed by atoms with Crippen molar-refractivity contribution in [3.05, 3.63) is 65.7 Å². The first-order valence-electron chi connectivity index (χ1n) is 8.38. The number of hydrogen-bond acceptors (Lipinski definition) is 4. The molecular weight excluding hydrogens is 376 g/mol. The molecule has 1 saturated heterocycles. The number of nitrogens with one attached hydrogen (secondary N) is 2. The monoisotopic (exact) mass is 395 g/mol. The van der Waals surface area contributed by atoms with Crippen LogP contribution in [0.4, 0.5) is 8.78 Å². The molecule has 0 bridgehead atoms. The molecule has 1 heterocycles. The molecule has 27 heavy (non-hydrogen) atoms. The Labute approximate surface area is 156 Å². The minimum absolute atomic E-state index is 0.0675. The summed E-state index contributed by atoms with van der Waals surface area (Å²) in [6.07, 6.45) is 0. The van der Waals surface area contributed by atoms with Crippen molar-refractivity contribution in [2.45, 2.75) is 17.5 Å². The summed E-state index contributed by atoms with van der Waals surface area (Å²) in [5.41, 5.74) is 0.696. The van der Waals surface area contributed by atoms with Crippen LogP contribution in [0, 0.1) is 11.6 Å². The summed E-state index contributed by atoms with van der Waals surface area (Å²) in [4.78, 5) is 12.5. The molecule has 1 aliphatic rings. The Hall–Kier alpha value is -2.36. The number of sulfonamides is 1. The molecule has 1 aliphatic heterocycles. The highest BCUT2D eigenvalue weighted by Crippen LogP contribution is 2.20. The van der Waals surface area contributed by atoms with E-state index in [0.717, 1.165) is 16.4 Å². The third kappa shape index (κ3) is 4.49. The van der Waals surface area contributed by atoms with Crippen LogP contribution in [0.25, 0.3) is 0 Å². The fourth-order valence-electron chi connectivity index (χ4n) is 2.85. The number of amides is 1. The molecule has 0 aliphatic carbocycles. The normalized spacial score (nSPS) is 18.2. The third-order valence-electron chi connectivity index (χ3n) is 4.30. The van der Waals surface area contributed by atoms with Crippen LogP contribution in [-0.2, 0) is 21.4 Å². The van der Waals surface area contributed by atoms with E-state index in [4.69, 9.17) is 0 Å². The molecule has 6 nitrogen and oxygen atoms in total. The van der Waals surface area contributed by atoms with Gasteiger partial charge in [-0.2, -0.15) is 4.31 Å². The minimum Gasteiger partial charge on any atom is -0.351 e. The van der Waals surface area contributed by atoms with E-state index in [-0.39, 0.29) is 30.3 Å². The van der Waals surface area contributed by atoms with Gasteiger partial charge in [0, 0.05) is 26.2 Å². The van der Waals surface area contributed by atoms with Gasteiger partial charge in [0.25, 0.3) is 0 Å². The lowest BCUT2D eigenvalue weighted by molar-refractivity contribution is -0.125. The second-order valence-electron chi connectivity index (χ2n) is 6.13. The highest BCUT2D eigenvalue weighted by atomic mass is 32.2. The van der Waals surface area contributed by atoms with Gasteiger partial charge in [-0.3, -0.25) is 4.79 Å². The molecule has 1 atom stereocenters. The molecule has 144 valence electrons. The second kappa shape index (κ2) is 8.12. The first-order chi connectivity index (χ1) is 12.9. The maximum absolute atomic E-state index is 13.1. The van der Waals surface area contributed by atoms with Crippen LogP contribution in [0.1, 0.15) is 5.56 Å². The standard InChI is InChI=1S/C18H19F2N3O3S/c19-14-3-1-13(2-4-14)11-22-18(24)17-12-21-9-10-23(17)27(25,26)16-7-5-15(20)6-8-16/h1-8,17,21H,9-12H2,(H,22,24)/t17-/m1/s1. The van der Waals surface area contributed by atoms with Gasteiger partial charge < -0.3 is 10.6 Å². The second-order valence-corrected chi connectivity index (χ2v) is 8.02. The number of rotatable bonds is 5. The molecule has 0 aromatic heterocycles. The molecular formula is C18H19F2N3O3S. The number of carbonyl (C=O) groups excluding carboxylic acids is 1. The van der Waals surface area contributed by atoms with Crippen LogP contribution in [0.2, 0.25) is 0 Å². The first kappa shape index (κ1) is 19.4. The van der Waals surface area contributed by atoms with E-state index in [2.05, 4.69) is 10.6 Å². The van der Waals surface area contributed by atoms with Gasteiger partial charge in [0.05, 0.1) is 4.90 Å². The van der Waals surface area contributed by atoms with Crippen LogP contribution in [-0.4, -0.2) is 44.3 Å². The van der Waals surface area contributed by atoms with Gasteiger partial charge in [-0.05, 0) is 42.0 Å². The zero-order valence-electron chi connectivity index (χ0n) is 14.4. The summed E-state index contributed by atoms with van der Waals surface area (Å²) in [6.45, 7) is 0.840. The SMILES string of the molecule is O=C(NCc1ccc(F)cc1)[C@H]1CNCCN1S(=O)(=O)c1ccc(F)cc1. The lowest BCUT2D eigenvalue weighted by Gasteiger charge is -2.34. The van der Waals surface area contributed by atoms with Crippen molar-refractivity contribution in [3.63, 3.8) is 0 Å². The lowest BCUT2D eigenvalue weighted by Crippen LogP contribution is -2.59. The maximum atomic E-state index is 13.1. The van der Waals surface area contributed by atoms with Crippen LogP contribution in [0.3, 0.4) is 0 Å². The molecule has 2 N–H and O–H groups in total. The van der Waals surface area contributed by atoms with Crippen molar-refractivity contribution in [1.82, 2.24) is 14.9 Å². The van der Waals surface area contributed by atoms with Gasteiger partial charge in [-0.25, -0.2) is 17.2 Å². The van der Waals surface area contributed by atoms with Gasteiger partial charge in [0.1, 0.15) is 17.7 Å². The number of carbonyl (C=O) groups is 1. The summed E-state index contributed by atoms with van der Waals surface area (Å²) < 4.78 is 52.9. The number of benzene rings is 2. The average molecular weight is 395 g/mol. The first-order valence-corrected chi connectivity index (χ1v) is 9.82. The summed E-state index contributed by atoms with van der Waals surface area (Å²) in [5, 5.41) is 5.69. The van der Waals surface area contributed by atoms with Gasteiger partial charge in [-0.1, -0.05) is 12.1 Å². The molecule has 0 unspecified atom stereocenters. The molecule has 0 spiro atoms. The van der Waals surface area contributed by atoms with Crippen LogP contribution in [0.5, 0.6) is 0 Å². The Kier molecular flexibility index (Phi) is 5.83. The summed E-state index contributed by atoms with van der Waals surface area (Å²) in [6, 6.07) is 9.22. The number of halogens is 2. The zero-order chi connectivity index (χ0) is 19.4. The van der Waals surface area contributed by atoms with Gasteiger partial charge >= 0.3 is 0 Å². The smallest absolute Gasteiger partial charge is 0.243 e. The number of nitrogens with zero attached hydrogens (tertiary/aromatic N) is 1. The molecule has 1 fully saturated rings. The Morgan fingerprint density at radius 3 is 2.30 bits per heavy atom. The molecule has 1 amide bonds. The highest BCUT2D eigenvalue weighted by Gasteiger charge is 2.37.